The number of aliphatic imine (C=N–C) groups is 1. The Morgan fingerprint density at radius 2 is 2.38 bits per heavy atom. The van der Waals surface area contributed by atoms with E-state index in [0.29, 0.717) is 0 Å². The van der Waals surface area contributed by atoms with Gasteiger partial charge in [0.2, 0.25) is 0 Å². The van der Waals surface area contributed by atoms with Crippen molar-refractivity contribution in [1.29, 1.82) is 0 Å². The highest BCUT2D eigenvalue weighted by atomic mass is 14.8. The molecule has 0 aliphatic rings. The summed E-state index contributed by atoms with van der Waals surface area (Å²) in [5, 5.41) is 2.98. The Balaban J connectivity index is 3.07. The zero-order valence-electron chi connectivity index (χ0n) is 5.39. The van der Waals surface area contributed by atoms with Gasteiger partial charge in [0.05, 0.1) is 0 Å². The van der Waals surface area contributed by atoms with Gasteiger partial charge in [0.25, 0.3) is 0 Å². The first-order valence-corrected chi connectivity index (χ1v) is 2.63. The third kappa shape index (κ3) is 5.37. The molecule has 1 N–H and O–H groups in total. The van der Waals surface area contributed by atoms with Crippen molar-refractivity contribution in [3.63, 3.8) is 0 Å². The second-order valence-electron chi connectivity index (χ2n) is 1.39. The van der Waals surface area contributed by atoms with Crippen LogP contribution in [0.1, 0.15) is 0 Å². The van der Waals surface area contributed by atoms with Gasteiger partial charge in [-0.2, -0.15) is 0 Å². The largest absolute Gasteiger partial charge is 0.316 e. The van der Waals surface area contributed by atoms with E-state index in [1.165, 1.54) is 0 Å². The lowest BCUT2D eigenvalue weighted by Gasteiger charge is -1.82. The number of rotatable bonds is 3. The van der Waals surface area contributed by atoms with E-state index in [9.17, 15) is 0 Å². The molecule has 0 fully saturated rings. The molecule has 0 saturated heterocycles. The minimum absolute atomic E-state index is 0.909. The van der Waals surface area contributed by atoms with E-state index in [4.69, 9.17) is 0 Å². The first kappa shape index (κ1) is 7.37. The highest BCUT2D eigenvalue weighted by Gasteiger charge is 1.64. The molecule has 8 heavy (non-hydrogen) atoms. The molecular formula is C6H12N2. The molecule has 0 aliphatic carbocycles. The number of allylic oxidation sites excluding steroid dienone is 1. The summed E-state index contributed by atoms with van der Waals surface area (Å²) >= 11 is 0. The summed E-state index contributed by atoms with van der Waals surface area (Å²) < 4.78 is 0. The zero-order chi connectivity index (χ0) is 6.24. The topological polar surface area (TPSA) is 24.4 Å². The van der Waals surface area contributed by atoms with E-state index in [1.807, 2.05) is 19.2 Å². The summed E-state index contributed by atoms with van der Waals surface area (Å²) in [7, 11) is 3.66. The minimum atomic E-state index is 0.909. The fraction of sp³-hybridized carbons (Fsp3) is 0.500. The maximum Gasteiger partial charge on any atom is 0.0277 e. The maximum absolute atomic E-state index is 3.77. The highest BCUT2D eigenvalue weighted by Crippen LogP contribution is 1.63. The molecular weight excluding hydrogens is 100 g/mol. The lowest BCUT2D eigenvalue weighted by atomic mass is 10.5. The molecule has 0 heterocycles. The Bertz CT molecular complexity index is 84.5. The molecule has 2 heteroatoms. The highest BCUT2D eigenvalue weighted by molar-refractivity contribution is 5.70. The fourth-order valence-corrected chi connectivity index (χ4v) is 0.333. The van der Waals surface area contributed by atoms with Crippen LogP contribution < -0.4 is 5.32 Å². The first-order valence-electron chi connectivity index (χ1n) is 2.63. The average molecular weight is 112 g/mol. The molecule has 0 amide bonds. The smallest absolute Gasteiger partial charge is 0.0277 e. The molecule has 0 rings (SSSR count). The van der Waals surface area contributed by atoms with Gasteiger partial charge in [0.15, 0.2) is 0 Å². The van der Waals surface area contributed by atoms with E-state index >= 15 is 0 Å². The normalized spacial score (nSPS) is 11.8. The molecule has 0 unspecified atom stereocenters. The monoisotopic (exact) mass is 112 g/mol. The SMILES string of the molecule is C/N=C\C=C/CNC. The van der Waals surface area contributed by atoms with Crippen LogP contribution in [0, 0.1) is 0 Å². The molecule has 0 radical (unpaired) electrons. The van der Waals surface area contributed by atoms with Crippen LogP contribution in [-0.4, -0.2) is 26.9 Å². The second-order valence-corrected chi connectivity index (χ2v) is 1.39. The van der Waals surface area contributed by atoms with E-state index in [-0.39, 0.29) is 0 Å². The summed E-state index contributed by atoms with van der Waals surface area (Å²) in [6.07, 6.45) is 5.68. The van der Waals surface area contributed by atoms with Crippen LogP contribution >= 0.6 is 0 Å². The maximum atomic E-state index is 3.77. The lowest BCUT2D eigenvalue weighted by Crippen LogP contribution is -2.03. The number of hydrogen-bond acceptors (Lipinski definition) is 2. The van der Waals surface area contributed by atoms with Crippen LogP contribution in [0.4, 0.5) is 0 Å². The third-order valence-electron chi connectivity index (χ3n) is 0.693. The molecule has 46 valence electrons. The van der Waals surface area contributed by atoms with Crippen LogP contribution in [0.2, 0.25) is 0 Å². The Labute approximate surface area is 50.3 Å². The number of likely N-dealkylation sites (N-methyl/N-ethyl adjacent to an activating group) is 1. The molecule has 0 aliphatic heterocycles. The predicted octanol–water partition coefficient (Wildman–Crippen LogP) is 0.463. The van der Waals surface area contributed by atoms with Gasteiger partial charge in [-0.3, -0.25) is 4.99 Å². The molecule has 0 aromatic carbocycles. The zero-order valence-corrected chi connectivity index (χ0v) is 5.39. The van der Waals surface area contributed by atoms with Crippen LogP contribution in [0.3, 0.4) is 0 Å². The van der Waals surface area contributed by atoms with Crippen molar-refractivity contribution in [3.05, 3.63) is 12.2 Å². The Hall–Kier alpha value is -0.630. The summed E-state index contributed by atoms with van der Waals surface area (Å²) in [5.74, 6) is 0. The Morgan fingerprint density at radius 3 is 2.88 bits per heavy atom. The van der Waals surface area contributed by atoms with Crippen molar-refractivity contribution < 1.29 is 0 Å². The van der Waals surface area contributed by atoms with Crippen molar-refractivity contribution in [2.45, 2.75) is 0 Å². The van der Waals surface area contributed by atoms with Crippen LogP contribution in [-0.2, 0) is 0 Å². The first-order chi connectivity index (χ1) is 3.91. The average Bonchev–Trinajstić information content (AvgIpc) is 1.81. The van der Waals surface area contributed by atoms with Gasteiger partial charge in [0, 0.05) is 19.8 Å². The Morgan fingerprint density at radius 1 is 1.62 bits per heavy atom. The van der Waals surface area contributed by atoms with Crippen molar-refractivity contribution in [2.75, 3.05) is 20.6 Å². The van der Waals surface area contributed by atoms with Crippen LogP contribution in [0.5, 0.6) is 0 Å². The van der Waals surface area contributed by atoms with Gasteiger partial charge >= 0.3 is 0 Å². The van der Waals surface area contributed by atoms with E-state index in [1.54, 1.807) is 13.3 Å². The van der Waals surface area contributed by atoms with Gasteiger partial charge in [-0.1, -0.05) is 6.08 Å². The lowest BCUT2D eigenvalue weighted by molar-refractivity contribution is 0.920. The predicted molar refractivity (Wildman–Crippen MR) is 37.5 cm³/mol. The molecule has 0 bridgehead atoms. The number of nitrogens with zero attached hydrogens (tertiary/aromatic N) is 1. The summed E-state index contributed by atoms with van der Waals surface area (Å²) in [6, 6.07) is 0. The van der Waals surface area contributed by atoms with Crippen molar-refractivity contribution >= 4 is 6.21 Å². The quantitative estimate of drug-likeness (QED) is 0.527. The third-order valence-corrected chi connectivity index (χ3v) is 0.693. The molecule has 0 spiro atoms. The summed E-state index contributed by atoms with van der Waals surface area (Å²) in [4.78, 5) is 3.77. The summed E-state index contributed by atoms with van der Waals surface area (Å²) in [5.41, 5.74) is 0. The molecule has 0 aromatic heterocycles. The second kappa shape index (κ2) is 6.37. The minimum Gasteiger partial charge on any atom is -0.316 e. The van der Waals surface area contributed by atoms with Crippen molar-refractivity contribution in [1.82, 2.24) is 5.32 Å². The van der Waals surface area contributed by atoms with Gasteiger partial charge in [-0.25, -0.2) is 0 Å². The number of hydrogen-bond donors (Lipinski definition) is 1. The fourth-order valence-electron chi connectivity index (χ4n) is 0.333. The van der Waals surface area contributed by atoms with Crippen molar-refractivity contribution in [2.24, 2.45) is 4.99 Å². The standard InChI is InChI=1S/C6H12N2/c1-7-5-3-4-6-8-2/h3-5,8H,6H2,1-2H3/b4-3-,7-5-. The Kier molecular flexibility index (Phi) is 5.87. The molecule has 2 nitrogen and oxygen atoms in total. The summed E-state index contributed by atoms with van der Waals surface area (Å²) in [6.45, 7) is 0.909. The van der Waals surface area contributed by atoms with E-state index in [2.05, 4.69) is 10.3 Å². The van der Waals surface area contributed by atoms with Gasteiger partial charge in [-0.05, 0) is 13.1 Å². The number of nitrogens with one attached hydrogen (secondary N) is 1. The van der Waals surface area contributed by atoms with Gasteiger partial charge in [-0.15, -0.1) is 0 Å². The van der Waals surface area contributed by atoms with Crippen LogP contribution in [0.25, 0.3) is 0 Å². The van der Waals surface area contributed by atoms with Gasteiger partial charge < -0.3 is 5.32 Å². The van der Waals surface area contributed by atoms with Crippen molar-refractivity contribution in [3.8, 4) is 0 Å². The molecule has 0 aromatic rings. The molecule has 0 atom stereocenters. The van der Waals surface area contributed by atoms with Crippen LogP contribution in [0.15, 0.2) is 17.1 Å². The van der Waals surface area contributed by atoms with E-state index < -0.39 is 0 Å². The van der Waals surface area contributed by atoms with E-state index in [0.717, 1.165) is 6.54 Å². The van der Waals surface area contributed by atoms with Gasteiger partial charge in [0.1, 0.15) is 0 Å². The molecule has 0 saturated carbocycles.